The van der Waals surface area contributed by atoms with E-state index in [1.165, 1.54) is 0 Å². The van der Waals surface area contributed by atoms with Crippen molar-refractivity contribution in [3.8, 4) is 0 Å². The summed E-state index contributed by atoms with van der Waals surface area (Å²) in [5.41, 5.74) is 2.19. The Morgan fingerprint density at radius 2 is 2.25 bits per heavy atom. The molecule has 2 rings (SSSR count). The summed E-state index contributed by atoms with van der Waals surface area (Å²) >= 11 is 5.06. The number of aryl methyl sites for hydroxylation is 2. The average molecular weight is 298 g/mol. The molecule has 2 heterocycles. The number of anilines is 1. The Hall–Kier alpha value is -0.940. The van der Waals surface area contributed by atoms with Gasteiger partial charge in [0.15, 0.2) is 0 Å². The lowest BCUT2D eigenvalue weighted by Crippen LogP contribution is -2.03. The average Bonchev–Trinajstić information content (AvgIpc) is 2.63. The molecule has 0 amide bonds. The van der Waals surface area contributed by atoms with Gasteiger partial charge in [0, 0.05) is 16.0 Å². The lowest BCUT2D eigenvalue weighted by molar-refractivity contribution is 1.03. The largest absolute Gasteiger partial charge is 0.364 e. The van der Waals surface area contributed by atoms with Gasteiger partial charge in [0.05, 0.1) is 17.2 Å². The number of thiazole rings is 1. The second-order valence-electron chi connectivity index (χ2n) is 3.53. The summed E-state index contributed by atoms with van der Waals surface area (Å²) in [6.07, 6.45) is 1.79. The maximum atomic E-state index is 4.39. The van der Waals surface area contributed by atoms with Crippen LogP contribution < -0.4 is 5.32 Å². The highest BCUT2D eigenvalue weighted by atomic mass is 79.9. The van der Waals surface area contributed by atoms with Crippen LogP contribution in [0.15, 0.2) is 22.1 Å². The van der Waals surface area contributed by atoms with Crippen molar-refractivity contribution in [2.24, 2.45) is 0 Å². The second-order valence-corrected chi connectivity index (χ2v) is 5.51. The zero-order valence-electron chi connectivity index (χ0n) is 9.12. The van der Waals surface area contributed by atoms with Crippen molar-refractivity contribution in [3.05, 3.63) is 38.4 Å². The van der Waals surface area contributed by atoms with Crippen LogP contribution in [0.3, 0.4) is 0 Å². The first-order valence-electron chi connectivity index (χ1n) is 4.92. The number of hydrogen-bond acceptors (Lipinski definition) is 4. The summed E-state index contributed by atoms with van der Waals surface area (Å²) in [6, 6.07) is 2.04. The predicted molar refractivity (Wildman–Crippen MR) is 70.9 cm³/mol. The Balaban J connectivity index is 2.04. The van der Waals surface area contributed by atoms with Crippen molar-refractivity contribution in [2.45, 2.75) is 20.4 Å². The van der Waals surface area contributed by atoms with E-state index in [0.717, 1.165) is 33.1 Å². The van der Waals surface area contributed by atoms with E-state index in [1.807, 2.05) is 19.9 Å². The van der Waals surface area contributed by atoms with Gasteiger partial charge in [-0.2, -0.15) is 0 Å². The van der Waals surface area contributed by atoms with Crippen LogP contribution in [0.1, 0.15) is 16.3 Å². The third-order valence-electron chi connectivity index (χ3n) is 2.15. The molecular formula is C11H12BrN3S. The quantitative estimate of drug-likeness (QED) is 0.942. The molecule has 2 aromatic rings. The molecule has 2 aromatic heterocycles. The summed E-state index contributed by atoms with van der Waals surface area (Å²) in [7, 11) is 0. The highest BCUT2D eigenvalue weighted by Gasteiger charge is 2.02. The summed E-state index contributed by atoms with van der Waals surface area (Å²) in [5.74, 6) is 0.911. The van der Waals surface area contributed by atoms with Gasteiger partial charge in [-0.15, -0.1) is 11.3 Å². The van der Waals surface area contributed by atoms with E-state index >= 15 is 0 Å². The molecule has 0 aliphatic rings. The number of hydrogen-bond donors (Lipinski definition) is 1. The number of rotatable bonds is 3. The first-order valence-corrected chi connectivity index (χ1v) is 6.59. The minimum Gasteiger partial charge on any atom is -0.364 e. The lowest BCUT2D eigenvalue weighted by atomic mass is 10.3. The van der Waals surface area contributed by atoms with Crippen LogP contribution >= 0.6 is 27.3 Å². The van der Waals surface area contributed by atoms with Crippen molar-refractivity contribution < 1.29 is 0 Å². The summed E-state index contributed by atoms with van der Waals surface area (Å²) in [6.45, 7) is 4.77. The van der Waals surface area contributed by atoms with Gasteiger partial charge >= 0.3 is 0 Å². The van der Waals surface area contributed by atoms with Gasteiger partial charge in [-0.3, -0.25) is 0 Å². The molecule has 1 N–H and O–H groups in total. The zero-order valence-corrected chi connectivity index (χ0v) is 11.5. The molecule has 0 radical (unpaired) electrons. The topological polar surface area (TPSA) is 37.8 Å². The van der Waals surface area contributed by atoms with Gasteiger partial charge in [0.25, 0.3) is 0 Å². The van der Waals surface area contributed by atoms with Crippen LogP contribution in [0.5, 0.6) is 0 Å². The molecule has 0 bridgehead atoms. The molecule has 0 saturated heterocycles. The van der Waals surface area contributed by atoms with Gasteiger partial charge in [0.1, 0.15) is 5.82 Å². The van der Waals surface area contributed by atoms with E-state index < -0.39 is 0 Å². The number of nitrogens with one attached hydrogen (secondary N) is 1. The minimum atomic E-state index is 0.722. The Morgan fingerprint density at radius 3 is 2.88 bits per heavy atom. The highest BCUT2D eigenvalue weighted by molar-refractivity contribution is 9.10. The summed E-state index contributed by atoms with van der Waals surface area (Å²) in [4.78, 5) is 8.71. The molecule has 16 heavy (non-hydrogen) atoms. The van der Waals surface area contributed by atoms with Crippen molar-refractivity contribution in [3.63, 3.8) is 0 Å². The van der Waals surface area contributed by atoms with Crippen LogP contribution in [-0.2, 0) is 6.54 Å². The van der Waals surface area contributed by atoms with Crippen LogP contribution in [0.2, 0.25) is 0 Å². The Morgan fingerprint density at radius 1 is 1.44 bits per heavy atom. The van der Waals surface area contributed by atoms with Gasteiger partial charge < -0.3 is 5.32 Å². The van der Waals surface area contributed by atoms with E-state index in [4.69, 9.17) is 0 Å². The molecule has 3 nitrogen and oxygen atoms in total. The molecular weight excluding hydrogens is 286 g/mol. The van der Waals surface area contributed by atoms with Crippen molar-refractivity contribution in [2.75, 3.05) is 5.32 Å². The van der Waals surface area contributed by atoms with Crippen LogP contribution in [0.4, 0.5) is 5.82 Å². The third kappa shape index (κ3) is 2.80. The molecule has 0 aromatic carbocycles. The maximum Gasteiger partial charge on any atom is 0.129 e. The molecule has 0 unspecified atom stereocenters. The standard InChI is InChI=1S/C11H12BrN3S/c1-7-3-9(12)4-13-11(7)14-5-10-6-16-8(2)15-10/h3-4,6H,5H2,1-2H3,(H,13,14). The predicted octanol–water partition coefficient (Wildman–Crippen LogP) is 3.53. The minimum absolute atomic E-state index is 0.722. The van der Waals surface area contributed by atoms with E-state index in [2.05, 4.69) is 36.6 Å². The Kier molecular flexibility index (Phi) is 3.56. The fourth-order valence-electron chi connectivity index (χ4n) is 1.39. The van der Waals surface area contributed by atoms with E-state index in [1.54, 1.807) is 17.5 Å². The highest BCUT2D eigenvalue weighted by Crippen LogP contribution is 2.17. The van der Waals surface area contributed by atoms with E-state index in [9.17, 15) is 0 Å². The number of pyridine rings is 1. The molecule has 5 heteroatoms. The molecule has 0 saturated carbocycles. The molecule has 84 valence electrons. The third-order valence-corrected chi connectivity index (χ3v) is 3.40. The van der Waals surface area contributed by atoms with Crippen LogP contribution in [-0.4, -0.2) is 9.97 Å². The monoisotopic (exact) mass is 297 g/mol. The Labute approximate surface area is 107 Å². The van der Waals surface area contributed by atoms with Gasteiger partial charge in [-0.1, -0.05) is 0 Å². The molecule has 0 atom stereocenters. The first kappa shape index (κ1) is 11.5. The second kappa shape index (κ2) is 4.93. The van der Waals surface area contributed by atoms with Crippen molar-refractivity contribution >= 4 is 33.1 Å². The normalized spacial score (nSPS) is 10.4. The number of halogens is 1. The number of aromatic nitrogens is 2. The van der Waals surface area contributed by atoms with Crippen LogP contribution in [0.25, 0.3) is 0 Å². The summed E-state index contributed by atoms with van der Waals surface area (Å²) in [5, 5.41) is 6.44. The van der Waals surface area contributed by atoms with E-state index in [0.29, 0.717) is 0 Å². The fourth-order valence-corrected chi connectivity index (χ4v) is 2.45. The molecule has 0 spiro atoms. The SMILES string of the molecule is Cc1nc(CNc2ncc(Br)cc2C)cs1. The Bertz CT molecular complexity index is 496. The lowest BCUT2D eigenvalue weighted by Gasteiger charge is -2.06. The smallest absolute Gasteiger partial charge is 0.129 e. The summed E-state index contributed by atoms with van der Waals surface area (Å²) < 4.78 is 1.00. The van der Waals surface area contributed by atoms with Gasteiger partial charge in [-0.25, -0.2) is 9.97 Å². The van der Waals surface area contributed by atoms with Gasteiger partial charge in [0.2, 0.25) is 0 Å². The van der Waals surface area contributed by atoms with Crippen molar-refractivity contribution in [1.29, 1.82) is 0 Å². The maximum absolute atomic E-state index is 4.39. The van der Waals surface area contributed by atoms with E-state index in [-0.39, 0.29) is 0 Å². The van der Waals surface area contributed by atoms with Crippen LogP contribution in [0, 0.1) is 13.8 Å². The van der Waals surface area contributed by atoms with Gasteiger partial charge in [-0.05, 0) is 41.4 Å². The fraction of sp³-hybridized carbons (Fsp3) is 0.273. The molecule has 0 aliphatic heterocycles. The van der Waals surface area contributed by atoms with Crippen molar-refractivity contribution in [1.82, 2.24) is 9.97 Å². The zero-order chi connectivity index (χ0) is 11.5. The first-order chi connectivity index (χ1) is 7.65. The number of nitrogens with zero attached hydrogens (tertiary/aromatic N) is 2. The molecule has 0 fully saturated rings. The molecule has 0 aliphatic carbocycles.